The molecule has 98 valence electrons. The van der Waals surface area contributed by atoms with Crippen molar-refractivity contribution in [2.45, 2.75) is 13.3 Å². The van der Waals surface area contributed by atoms with Gasteiger partial charge in [-0.05, 0) is 24.3 Å². The number of halogens is 2. The van der Waals surface area contributed by atoms with Crippen LogP contribution >= 0.6 is 11.6 Å². The van der Waals surface area contributed by atoms with Crippen molar-refractivity contribution in [3.63, 3.8) is 0 Å². The van der Waals surface area contributed by atoms with Crippen LogP contribution in [0.3, 0.4) is 0 Å². The molecule has 0 N–H and O–H groups in total. The first-order chi connectivity index (χ1) is 9.10. The van der Waals surface area contributed by atoms with Crippen LogP contribution in [0.1, 0.15) is 23.7 Å². The Morgan fingerprint density at radius 3 is 2.63 bits per heavy atom. The minimum absolute atomic E-state index is 0.00158. The van der Waals surface area contributed by atoms with Gasteiger partial charge in [-0.2, -0.15) is 0 Å². The number of benzene rings is 2. The van der Waals surface area contributed by atoms with E-state index in [9.17, 15) is 9.18 Å². The minimum atomic E-state index is -0.496. The molecule has 0 unspecified atom stereocenters. The molecule has 2 aromatic carbocycles. The van der Waals surface area contributed by atoms with E-state index in [0.29, 0.717) is 23.5 Å². The van der Waals surface area contributed by atoms with Crippen LogP contribution in [0.2, 0.25) is 5.02 Å². The summed E-state index contributed by atoms with van der Waals surface area (Å²) in [6, 6.07) is 11.0. The number of ketones is 1. The van der Waals surface area contributed by atoms with E-state index < -0.39 is 5.82 Å². The lowest BCUT2D eigenvalue weighted by Crippen LogP contribution is -1.96. The summed E-state index contributed by atoms with van der Waals surface area (Å²) in [7, 11) is 0. The number of hydrogen-bond acceptors (Lipinski definition) is 2. The van der Waals surface area contributed by atoms with Gasteiger partial charge in [0.25, 0.3) is 0 Å². The summed E-state index contributed by atoms with van der Waals surface area (Å²) in [5, 5.41) is -0.00158. The summed E-state index contributed by atoms with van der Waals surface area (Å²) in [6.45, 7) is 1.80. The van der Waals surface area contributed by atoms with E-state index in [4.69, 9.17) is 16.3 Å². The molecule has 2 rings (SSSR count). The third-order valence-electron chi connectivity index (χ3n) is 2.60. The smallest absolute Gasteiger partial charge is 0.162 e. The van der Waals surface area contributed by atoms with Crippen LogP contribution in [0.15, 0.2) is 42.5 Å². The standard InChI is InChI=1S/C15H12ClFO2/c1-2-15(18)10-4-3-5-11(8-10)19-12-6-7-14(17)13(16)9-12/h3-9H,2H2,1H3. The molecule has 0 aliphatic rings. The predicted molar refractivity (Wildman–Crippen MR) is 72.5 cm³/mol. The van der Waals surface area contributed by atoms with Crippen molar-refractivity contribution in [2.24, 2.45) is 0 Å². The monoisotopic (exact) mass is 278 g/mol. The van der Waals surface area contributed by atoms with Gasteiger partial charge < -0.3 is 4.74 Å². The Labute approximate surface area is 115 Å². The molecule has 0 aromatic heterocycles. The summed E-state index contributed by atoms with van der Waals surface area (Å²) < 4.78 is 18.6. The van der Waals surface area contributed by atoms with Crippen molar-refractivity contribution in [3.05, 3.63) is 58.9 Å². The molecule has 4 heteroatoms. The summed E-state index contributed by atoms with van der Waals surface area (Å²) in [4.78, 5) is 11.6. The van der Waals surface area contributed by atoms with E-state index in [1.54, 1.807) is 31.2 Å². The highest BCUT2D eigenvalue weighted by atomic mass is 35.5. The molecular weight excluding hydrogens is 267 g/mol. The quantitative estimate of drug-likeness (QED) is 0.746. The van der Waals surface area contributed by atoms with Gasteiger partial charge in [-0.15, -0.1) is 0 Å². The molecule has 0 amide bonds. The topological polar surface area (TPSA) is 26.3 Å². The summed E-state index contributed by atoms with van der Waals surface area (Å²) >= 11 is 5.68. The highest BCUT2D eigenvalue weighted by Gasteiger charge is 2.06. The zero-order valence-corrected chi connectivity index (χ0v) is 11.1. The highest BCUT2D eigenvalue weighted by Crippen LogP contribution is 2.26. The van der Waals surface area contributed by atoms with E-state index in [1.807, 2.05) is 0 Å². The number of hydrogen-bond donors (Lipinski definition) is 0. The molecule has 0 heterocycles. The summed E-state index contributed by atoms with van der Waals surface area (Å²) in [6.07, 6.45) is 0.436. The van der Waals surface area contributed by atoms with Gasteiger partial charge in [-0.1, -0.05) is 30.7 Å². The number of Topliss-reactive ketones (excluding diaryl/α,β-unsaturated/α-hetero) is 1. The lowest BCUT2D eigenvalue weighted by atomic mass is 10.1. The molecule has 0 atom stereocenters. The van der Waals surface area contributed by atoms with Crippen LogP contribution in [-0.2, 0) is 0 Å². The second kappa shape index (κ2) is 5.85. The van der Waals surface area contributed by atoms with Crippen LogP contribution in [0.5, 0.6) is 11.5 Å². The first-order valence-electron chi connectivity index (χ1n) is 5.86. The predicted octanol–water partition coefficient (Wildman–Crippen LogP) is 4.86. The lowest BCUT2D eigenvalue weighted by molar-refractivity contribution is 0.0988. The number of carbonyl (C=O) groups excluding carboxylic acids is 1. The fraction of sp³-hybridized carbons (Fsp3) is 0.133. The van der Waals surface area contributed by atoms with Crippen molar-refractivity contribution in [1.29, 1.82) is 0 Å². The Morgan fingerprint density at radius 2 is 1.95 bits per heavy atom. The van der Waals surface area contributed by atoms with Gasteiger partial charge >= 0.3 is 0 Å². The molecule has 0 aliphatic heterocycles. The molecule has 2 aromatic rings. The molecule has 0 fully saturated rings. The zero-order chi connectivity index (χ0) is 13.8. The van der Waals surface area contributed by atoms with Crippen LogP contribution < -0.4 is 4.74 Å². The maximum atomic E-state index is 13.0. The maximum absolute atomic E-state index is 13.0. The largest absolute Gasteiger partial charge is 0.457 e. The molecule has 0 aliphatic carbocycles. The van der Waals surface area contributed by atoms with E-state index >= 15 is 0 Å². The third kappa shape index (κ3) is 3.32. The third-order valence-corrected chi connectivity index (χ3v) is 2.89. The van der Waals surface area contributed by atoms with E-state index in [2.05, 4.69) is 0 Å². The van der Waals surface area contributed by atoms with E-state index in [0.717, 1.165) is 0 Å². The maximum Gasteiger partial charge on any atom is 0.162 e. The Hall–Kier alpha value is -1.87. The van der Waals surface area contributed by atoms with Crippen LogP contribution in [0, 0.1) is 5.82 Å². The van der Waals surface area contributed by atoms with E-state index in [1.165, 1.54) is 18.2 Å². The first kappa shape index (κ1) is 13.6. The van der Waals surface area contributed by atoms with Gasteiger partial charge in [-0.25, -0.2) is 4.39 Å². The Bertz CT molecular complexity index is 611. The molecule has 2 nitrogen and oxygen atoms in total. The van der Waals surface area contributed by atoms with Crippen molar-refractivity contribution >= 4 is 17.4 Å². The first-order valence-corrected chi connectivity index (χ1v) is 6.24. The van der Waals surface area contributed by atoms with Crippen molar-refractivity contribution < 1.29 is 13.9 Å². The summed E-state index contributed by atoms with van der Waals surface area (Å²) in [5.74, 6) is 0.487. The second-order valence-electron chi connectivity index (χ2n) is 3.98. The Balaban J connectivity index is 2.23. The molecule has 19 heavy (non-hydrogen) atoms. The van der Waals surface area contributed by atoms with Crippen LogP contribution in [0.4, 0.5) is 4.39 Å². The minimum Gasteiger partial charge on any atom is -0.457 e. The molecule has 0 saturated carbocycles. The van der Waals surface area contributed by atoms with Gasteiger partial charge in [0.15, 0.2) is 5.78 Å². The molecular formula is C15H12ClFO2. The van der Waals surface area contributed by atoms with Gasteiger partial charge in [0.1, 0.15) is 17.3 Å². The average molecular weight is 279 g/mol. The lowest BCUT2D eigenvalue weighted by Gasteiger charge is -2.07. The van der Waals surface area contributed by atoms with Gasteiger partial charge in [-0.3, -0.25) is 4.79 Å². The second-order valence-corrected chi connectivity index (χ2v) is 4.39. The molecule has 0 bridgehead atoms. The molecule has 0 saturated heterocycles. The number of carbonyl (C=O) groups is 1. The van der Waals surface area contributed by atoms with Gasteiger partial charge in [0.2, 0.25) is 0 Å². The van der Waals surface area contributed by atoms with E-state index in [-0.39, 0.29) is 10.8 Å². The number of rotatable bonds is 4. The summed E-state index contributed by atoms with van der Waals surface area (Å²) in [5.41, 5.74) is 0.591. The van der Waals surface area contributed by atoms with Crippen molar-refractivity contribution in [2.75, 3.05) is 0 Å². The highest BCUT2D eigenvalue weighted by molar-refractivity contribution is 6.30. The fourth-order valence-corrected chi connectivity index (χ4v) is 1.78. The average Bonchev–Trinajstić information content (AvgIpc) is 2.42. The van der Waals surface area contributed by atoms with Crippen LogP contribution in [-0.4, -0.2) is 5.78 Å². The van der Waals surface area contributed by atoms with Crippen LogP contribution in [0.25, 0.3) is 0 Å². The normalized spacial score (nSPS) is 10.3. The van der Waals surface area contributed by atoms with Crippen molar-refractivity contribution in [3.8, 4) is 11.5 Å². The molecule has 0 spiro atoms. The fourth-order valence-electron chi connectivity index (χ4n) is 1.61. The van der Waals surface area contributed by atoms with Crippen molar-refractivity contribution in [1.82, 2.24) is 0 Å². The molecule has 0 radical (unpaired) electrons. The SMILES string of the molecule is CCC(=O)c1cccc(Oc2ccc(F)c(Cl)c2)c1. The Morgan fingerprint density at radius 1 is 1.21 bits per heavy atom. The number of ether oxygens (including phenoxy) is 1. The Kier molecular flexibility index (Phi) is 4.17. The zero-order valence-electron chi connectivity index (χ0n) is 10.3. The van der Waals surface area contributed by atoms with Gasteiger partial charge in [0.05, 0.1) is 5.02 Å². The van der Waals surface area contributed by atoms with Gasteiger partial charge in [0, 0.05) is 18.1 Å².